The van der Waals surface area contributed by atoms with E-state index in [0.29, 0.717) is 22.7 Å². The molecule has 0 saturated heterocycles. The van der Waals surface area contributed by atoms with Gasteiger partial charge in [-0.2, -0.15) is 0 Å². The van der Waals surface area contributed by atoms with Crippen LogP contribution in [0.5, 0.6) is 11.5 Å². The Morgan fingerprint density at radius 2 is 1.97 bits per heavy atom. The molecular formula is C23H21N3O4S. The Morgan fingerprint density at radius 3 is 2.71 bits per heavy atom. The van der Waals surface area contributed by atoms with Crippen LogP contribution in [-0.4, -0.2) is 35.3 Å². The molecule has 1 N–H and O–H groups in total. The molecule has 8 heteroatoms. The number of nitrogens with one attached hydrogen (secondary N) is 1. The third-order valence-electron chi connectivity index (χ3n) is 4.86. The highest BCUT2D eigenvalue weighted by Crippen LogP contribution is 2.34. The molecule has 2 aromatic carbocycles. The number of ketones is 1. The Hall–Kier alpha value is -3.65. The average molecular weight is 436 g/mol. The van der Waals surface area contributed by atoms with Gasteiger partial charge in [-0.15, -0.1) is 11.3 Å². The third kappa shape index (κ3) is 4.29. The normalized spacial score (nSPS) is 10.8. The maximum atomic E-state index is 12.6. The summed E-state index contributed by atoms with van der Waals surface area (Å²) >= 11 is 1.46. The Morgan fingerprint density at radius 1 is 1.13 bits per heavy atom. The number of rotatable bonds is 7. The minimum atomic E-state index is -0.172. The number of aromatic nitrogens is 2. The number of hydrogen-bond donors (Lipinski definition) is 1. The van der Waals surface area contributed by atoms with Crippen LogP contribution < -0.4 is 14.8 Å². The van der Waals surface area contributed by atoms with E-state index in [2.05, 4.69) is 10.3 Å². The second-order valence-corrected chi connectivity index (χ2v) is 7.77. The van der Waals surface area contributed by atoms with Gasteiger partial charge in [-0.05, 0) is 37.3 Å². The molecule has 31 heavy (non-hydrogen) atoms. The number of carbonyl (C=O) groups excluding carboxylic acids is 2. The van der Waals surface area contributed by atoms with E-state index in [9.17, 15) is 9.59 Å². The number of carbonyl (C=O) groups is 2. The van der Waals surface area contributed by atoms with Crippen molar-refractivity contribution in [3.63, 3.8) is 0 Å². The summed E-state index contributed by atoms with van der Waals surface area (Å²) in [5.41, 5.74) is 3.52. The smallest absolute Gasteiger partial charge is 0.230 e. The molecule has 2 aromatic heterocycles. The van der Waals surface area contributed by atoms with Gasteiger partial charge in [-0.25, -0.2) is 4.98 Å². The highest BCUT2D eigenvalue weighted by Gasteiger charge is 2.16. The van der Waals surface area contributed by atoms with Crippen LogP contribution in [0.3, 0.4) is 0 Å². The van der Waals surface area contributed by atoms with Gasteiger partial charge in [-0.3, -0.25) is 14.0 Å². The number of hydrogen-bond acceptors (Lipinski definition) is 6. The number of anilines is 1. The van der Waals surface area contributed by atoms with E-state index in [4.69, 9.17) is 9.47 Å². The van der Waals surface area contributed by atoms with Gasteiger partial charge in [-0.1, -0.05) is 12.1 Å². The molecule has 0 radical (unpaired) electrons. The van der Waals surface area contributed by atoms with Crippen LogP contribution >= 0.6 is 11.3 Å². The Kier molecular flexibility index (Phi) is 5.73. The molecule has 0 bridgehead atoms. The van der Waals surface area contributed by atoms with Crippen LogP contribution in [0.15, 0.2) is 54.0 Å². The van der Waals surface area contributed by atoms with Gasteiger partial charge >= 0.3 is 0 Å². The van der Waals surface area contributed by atoms with E-state index in [1.165, 1.54) is 18.3 Å². The van der Waals surface area contributed by atoms with E-state index >= 15 is 0 Å². The Labute approximate surface area is 183 Å². The second kappa shape index (κ2) is 8.61. The van der Waals surface area contributed by atoms with E-state index in [1.807, 2.05) is 34.2 Å². The minimum Gasteiger partial charge on any atom is -0.497 e. The number of fused-ring (bicyclic) bond motifs is 1. The number of amides is 1. The molecule has 0 saturated carbocycles. The molecule has 0 spiro atoms. The number of imidazole rings is 1. The summed E-state index contributed by atoms with van der Waals surface area (Å²) < 4.78 is 12.7. The summed E-state index contributed by atoms with van der Waals surface area (Å²) in [4.78, 5) is 29.6. The van der Waals surface area contributed by atoms with Crippen LogP contribution in [0, 0.1) is 0 Å². The van der Waals surface area contributed by atoms with Crippen molar-refractivity contribution in [2.45, 2.75) is 13.3 Å². The molecule has 0 aliphatic heterocycles. The maximum absolute atomic E-state index is 12.6. The lowest BCUT2D eigenvalue weighted by Gasteiger charge is -2.08. The van der Waals surface area contributed by atoms with Crippen molar-refractivity contribution < 1.29 is 19.1 Å². The monoisotopic (exact) mass is 435 g/mol. The van der Waals surface area contributed by atoms with E-state index < -0.39 is 0 Å². The summed E-state index contributed by atoms with van der Waals surface area (Å²) in [7, 11) is 3.22. The molecule has 0 aliphatic rings. The number of ether oxygens (including phenoxy) is 2. The SMILES string of the molecule is COc1ccc(OC)c(-c2cn3c(CC(=O)Nc4cccc(C(C)=O)c4)csc3n2)c1. The first kappa shape index (κ1) is 20.6. The minimum absolute atomic E-state index is 0.0467. The van der Waals surface area contributed by atoms with Gasteiger partial charge in [0, 0.05) is 34.1 Å². The van der Waals surface area contributed by atoms with E-state index in [1.54, 1.807) is 38.5 Å². The van der Waals surface area contributed by atoms with Gasteiger partial charge in [0.2, 0.25) is 5.91 Å². The quantitative estimate of drug-likeness (QED) is 0.433. The van der Waals surface area contributed by atoms with Gasteiger partial charge in [0.15, 0.2) is 10.7 Å². The highest BCUT2D eigenvalue weighted by atomic mass is 32.1. The van der Waals surface area contributed by atoms with Crippen molar-refractivity contribution >= 4 is 33.7 Å². The lowest BCUT2D eigenvalue weighted by atomic mass is 10.1. The molecule has 2 heterocycles. The first-order chi connectivity index (χ1) is 15.0. The third-order valence-corrected chi connectivity index (χ3v) is 5.75. The van der Waals surface area contributed by atoms with Crippen LogP contribution in [-0.2, 0) is 11.2 Å². The topological polar surface area (TPSA) is 81.9 Å². The zero-order valence-electron chi connectivity index (χ0n) is 17.3. The van der Waals surface area contributed by atoms with E-state index in [0.717, 1.165) is 21.9 Å². The summed E-state index contributed by atoms with van der Waals surface area (Å²) in [6, 6.07) is 12.5. The van der Waals surface area contributed by atoms with Gasteiger partial charge < -0.3 is 14.8 Å². The van der Waals surface area contributed by atoms with Crippen LogP contribution in [0.1, 0.15) is 23.0 Å². The molecule has 0 fully saturated rings. The van der Waals surface area contributed by atoms with Crippen molar-refractivity contribution in [1.29, 1.82) is 0 Å². The number of thiazole rings is 1. The summed E-state index contributed by atoms with van der Waals surface area (Å²) in [5.74, 6) is 1.18. The summed E-state index contributed by atoms with van der Waals surface area (Å²) in [5, 5.41) is 4.77. The predicted molar refractivity (Wildman–Crippen MR) is 120 cm³/mol. The molecule has 158 valence electrons. The molecule has 4 rings (SSSR count). The van der Waals surface area contributed by atoms with Gasteiger partial charge in [0.25, 0.3) is 0 Å². The first-order valence-electron chi connectivity index (χ1n) is 9.57. The van der Waals surface area contributed by atoms with Crippen molar-refractivity contribution in [3.8, 4) is 22.8 Å². The van der Waals surface area contributed by atoms with Crippen molar-refractivity contribution in [1.82, 2.24) is 9.38 Å². The molecule has 1 amide bonds. The van der Waals surface area contributed by atoms with Gasteiger partial charge in [0.1, 0.15) is 11.5 Å². The molecule has 4 aromatic rings. The summed E-state index contributed by atoms with van der Waals surface area (Å²) in [6.07, 6.45) is 2.07. The highest BCUT2D eigenvalue weighted by molar-refractivity contribution is 7.15. The zero-order chi connectivity index (χ0) is 22.0. The molecule has 0 atom stereocenters. The number of benzene rings is 2. The fourth-order valence-electron chi connectivity index (χ4n) is 3.29. The number of methoxy groups -OCH3 is 2. The second-order valence-electron chi connectivity index (χ2n) is 6.93. The molecular weight excluding hydrogens is 414 g/mol. The zero-order valence-corrected chi connectivity index (χ0v) is 18.2. The Bertz CT molecular complexity index is 1280. The molecule has 7 nitrogen and oxygen atoms in total. The average Bonchev–Trinajstić information content (AvgIpc) is 3.35. The maximum Gasteiger partial charge on any atom is 0.230 e. The fraction of sp³-hybridized carbons (Fsp3) is 0.174. The fourth-order valence-corrected chi connectivity index (χ4v) is 4.16. The molecule has 0 aliphatic carbocycles. The van der Waals surface area contributed by atoms with Crippen molar-refractivity contribution in [2.24, 2.45) is 0 Å². The van der Waals surface area contributed by atoms with Crippen molar-refractivity contribution in [2.75, 3.05) is 19.5 Å². The van der Waals surface area contributed by atoms with E-state index in [-0.39, 0.29) is 18.1 Å². The van der Waals surface area contributed by atoms with Crippen molar-refractivity contribution in [3.05, 3.63) is 65.3 Å². The largest absolute Gasteiger partial charge is 0.497 e. The van der Waals surface area contributed by atoms with Gasteiger partial charge in [0.05, 0.1) is 26.3 Å². The lowest BCUT2D eigenvalue weighted by Crippen LogP contribution is -2.15. The lowest BCUT2D eigenvalue weighted by molar-refractivity contribution is -0.115. The van der Waals surface area contributed by atoms with Crippen LogP contribution in [0.4, 0.5) is 5.69 Å². The molecule has 0 unspecified atom stereocenters. The number of nitrogens with zero attached hydrogens (tertiary/aromatic N) is 2. The van der Waals surface area contributed by atoms with Crippen LogP contribution in [0.25, 0.3) is 16.2 Å². The summed E-state index contributed by atoms with van der Waals surface area (Å²) in [6.45, 7) is 1.50. The first-order valence-corrected chi connectivity index (χ1v) is 10.4. The predicted octanol–water partition coefficient (Wildman–Crippen LogP) is 4.46. The number of Topliss-reactive ketones (excluding diaryl/α,β-unsaturated/α-hetero) is 1. The standard InChI is InChI=1S/C23H21N3O4S/c1-14(27)15-5-4-6-16(9-15)24-22(28)10-17-13-31-23-25-20(12-26(17)23)19-11-18(29-2)7-8-21(19)30-3/h4-9,11-13H,10H2,1-3H3,(H,24,28). The van der Waals surface area contributed by atoms with Crippen LogP contribution in [0.2, 0.25) is 0 Å². The Balaban J connectivity index is 1.58.